The number of halogens is 2. The molecule has 0 bridgehead atoms. The van der Waals surface area contributed by atoms with Crippen LogP contribution in [0.2, 0.25) is 0 Å². The van der Waals surface area contributed by atoms with Gasteiger partial charge in [0.05, 0.1) is 23.3 Å². The van der Waals surface area contributed by atoms with E-state index in [-0.39, 0.29) is 18.8 Å². The summed E-state index contributed by atoms with van der Waals surface area (Å²) in [5.74, 6) is -2.54. The Bertz CT molecular complexity index is 176. The molecule has 0 spiro atoms. The van der Waals surface area contributed by atoms with E-state index in [0.29, 0.717) is 0 Å². The SMILES string of the molecule is NS(=O)CCOC1CC1(F)F. The third kappa shape index (κ3) is 2.80. The van der Waals surface area contributed by atoms with E-state index in [1.54, 1.807) is 0 Å². The van der Waals surface area contributed by atoms with Crippen LogP contribution >= 0.6 is 0 Å². The van der Waals surface area contributed by atoms with Crippen molar-refractivity contribution in [3.63, 3.8) is 0 Å². The number of nitrogens with two attached hydrogens (primary N) is 1. The normalized spacial score (nSPS) is 29.9. The van der Waals surface area contributed by atoms with Gasteiger partial charge in [-0.05, 0) is 0 Å². The fourth-order valence-electron chi connectivity index (χ4n) is 0.642. The number of alkyl halides is 2. The Labute approximate surface area is 65.5 Å². The zero-order valence-electron chi connectivity index (χ0n) is 5.76. The van der Waals surface area contributed by atoms with Crippen LogP contribution in [0.5, 0.6) is 0 Å². The van der Waals surface area contributed by atoms with E-state index in [0.717, 1.165) is 0 Å². The van der Waals surface area contributed by atoms with Crippen LogP contribution in [-0.2, 0) is 15.7 Å². The van der Waals surface area contributed by atoms with Gasteiger partial charge in [-0.1, -0.05) is 0 Å². The Morgan fingerprint density at radius 1 is 1.73 bits per heavy atom. The standard InChI is InChI=1S/C5H9F2NO2S/c6-5(7)3-4(5)10-1-2-11(8)9/h4H,1-3,8H2. The molecule has 0 aromatic heterocycles. The molecule has 0 saturated heterocycles. The summed E-state index contributed by atoms with van der Waals surface area (Å²) in [6.45, 7) is 0.0450. The van der Waals surface area contributed by atoms with Crippen molar-refractivity contribution in [2.24, 2.45) is 5.14 Å². The summed E-state index contributed by atoms with van der Waals surface area (Å²) in [4.78, 5) is 0. The number of ether oxygens (including phenoxy) is 1. The van der Waals surface area contributed by atoms with Gasteiger partial charge >= 0.3 is 0 Å². The molecular formula is C5H9F2NO2S. The van der Waals surface area contributed by atoms with Crippen LogP contribution in [-0.4, -0.2) is 28.6 Å². The summed E-state index contributed by atoms with van der Waals surface area (Å²) < 4.78 is 39.1. The second-order valence-electron chi connectivity index (χ2n) is 2.41. The Kier molecular flexibility index (Phi) is 2.56. The van der Waals surface area contributed by atoms with Gasteiger partial charge < -0.3 is 4.74 Å². The molecule has 11 heavy (non-hydrogen) atoms. The zero-order valence-corrected chi connectivity index (χ0v) is 6.57. The van der Waals surface area contributed by atoms with Crippen molar-refractivity contribution in [2.45, 2.75) is 18.4 Å². The van der Waals surface area contributed by atoms with Gasteiger partial charge in [0, 0.05) is 6.42 Å². The molecule has 0 aromatic rings. The average Bonchev–Trinajstić information content (AvgIpc) is 2.39. The highest BCUT2D eigenvalue weighted by atomic mass is 32.2. The largest absolute Gasteiger partial charge is 0.371 e. The molecular weight excluding hydrogens is 176 g/mol. The van der Waals surface area contributed by atoms with Crippen molar-refractivity contribution in [3.8, 4) is 0 Å². The van der Waals surface area contributed by atoms with Gasteiger partial charge in [0.25, 0.3) is 5.92 Å². The van der Waals surface area contributed by atoms with Crippen LogP contribution in [0.3, 0.4) is 0 Å². The molecule has 66 valence electrons. The Morgan fingerprint density at radius 2 is 2.27 bits per heavy atom. The third-order valence-electron chi connectivity index (χ3n) is 1.37. The molecule has 2 N–H and O–H groups in total. The molecule has 0 aliphatic heterocycles. The van der Waals surface area contributed by atoms with Crippen molar-refractivity contribution in [3.05, 3.63) is 0 Å². The van der Waals surface area contributed by atoms with Crippen LogP contribution in [0.15, 0.2) is 0 Å². The quantitative estimate of drug-likeness (QED) is 0.672. The number of hydrogen-bond acceptors (Lipinski definition) is 2. The van der Waals surface area contributed by atoms with E-state index in [9.17, 15) is 13.0 Å². The Hall–Kier alpha value is -0.0700. The van der Waals surface area contributed by atoms with Gasteiger partial charge in [-0.15, -0.1) is 0 Å². The van der Waals surface area contributed by atoms with E-state index in [1.165, 1.54) is 0 Å². The Balaban J connectivity index is 2.02. The third-order valence-corrected chi connectivity index (χ3v) is 1.94. The molecule has 2 unspecified atom stereocenters. The van der Waals surface area contributed by atoms with Crippen LogP contribution < -0.4 is 5.14 Å². The summed E-state index contributed by atoms with van der Waals surface area (Å²) in [6.07, 6.45) is -1.18. The zero-order chi connectivity index (χ0) is 8.48. The van der Waals surface area contributed by atoms with Crippen LogP contribution in [0.25, 0.3) is 0 Å². The van der Waals surface area contributed by atoms with E-state index in [4.69, 9.17) is 5.14 Å². The minimum Gasteiger partial charge on any atom is -0.371 e. The molecule has 1 rings (SSSR count). The summed E-state index contributed by atoms with van der Waals surface area (Å²) >= 11 is 0. The number of hydrogen-bond donors (Lipinski definition) is 1. The maximum Gasteiger partial charge on any atom is 0.276 e. The van der Waals surface area contributed by atoms with Crippen molar-refractivity contribution in [1.82, 2.24) is 0 Å². The molecule has 3 nitrogen and oxygen atoms in total. The monoisotopic (exact) mass is 185 g/mol. The Morgan fingerprint density at radius 3 is 2.64 bits per heavy atom. The highest BCUT2D eigenvalue weighted by Gasteiger charge is 2.58. The second kappa shape index (κ2) is 3.12. The van der Waals surface area contributed by atoms with Crippen LogP contribution in [0, 0.1) is 0 Å². The molecule has 0 heterocycles. The highest BCUT2D eigenvalue weighted by molar-refractivity contribution is 7.82. The van der Waals surface area contributed by atoms with Gasteiger partial charge in [0.2, 0.25) is 0 Å². The first-order valence-electron chi connectivity index (χ1n) is 3.14. The van der Waals surface area contributed by atoms with E-state index in [1.807, 2.05) is 0 Å². The predicted octanol–water partition coefficient (Wildman–Crippen LogP) is 0.0330. The van der Waals surface area contributed by atoms with E-state index < -0.39 is 23.0 Å². The lowest BCUT2D eigenvalue weighted by molar-refractivity contribution is 0.0188. The fourth-order valence-corrected chi connectivity index (χ4v) is 0.902. The molecule has 0 aromatic carbocycles. The molecule has 6 heteroatoms. The molecule has 0 radical (unpaired) electrons. The van der Waals surface area contributed by atoms with Gasteiger partial charge in [-0.3, -0.25) is 5.14 Å². The highest BCUT2D eigenvalue weighted by Crippen LogP contribution is 2.44. The summed E-state index contributed by atoms with van der Waals surface area (Å²) in [5, 5.41) is 4.87. The minimum absolute atomic E-state index is 0.0450. The first kappa shape index (κ1) is 9.02. The predicted molar refractivity (Wildman–Crippen MR) is 36.5 cm³/mol. The summed E-state index contributed by atoms with van der Waals surface area (Å²) in [5.41, 5.74) is 0. The van der Waals surface area contributed by atoms with Crippen molar-refractivity contribution in [1.29, 1.82) is 0 Å². The molecule has 1 fully saturated rings. The van der Waals surface area contributed by atoms with Crippen LogP contribution in [0.1, 0.15) is 6.42 Å². The molecule has 1 aliphatic carbocycles. The minimum atomic E-state index is -2.66. The van der Waals surface area contributed by atoms with Gasteiger partial charge in [-0.25, -0.2) is 13.0 Å². The smallest absolute Gasteiger partial charge is 0.276 e. The molecule has 2 atom stereocenters. The molecule has 1 saturated carbocycles. The van der Waals surface area contributed by atoms with Crippen molar-refractivity contribution < 1.29 is 17.7 Å². The van der Waals surface area contributed by atoms with Gasteiger partial charge in [0.1, 0.15) is 6.10 Å². The lowest BCUT2D eigenvalue weighted by atomic mass is 10.7. The van der Waals surface area contributed by atoms with Gasteiger partial charge in [-0.2, -0.15) is 0 Å². The lowest BCUT2D eigenvalue weighted by Crippen LogP contribution is -2.15. The van der Waals surface area contributed by atoms with Crippen LogP contribution in [0.4, 0.5) is 8.78 Å². The van der Waals surface area contributed by atoms with E-state index >= 15 is 0 Å². The molecule has 1 aliphatic rings. The fraction of sp³-hybridized carbons (Fsp3) is 1.00. The average molecular weight is 185 g/mol. The summed E-state index contributed by atoms with van der Waals surface area (Å²) in [7, 11) is -1.45. The number of rotatable bonds is 4. The first-order valence-corrected chi connectivity index (χ1v) is 4.53. The summed E-state index contributed by atoms with van der Waals surface area (Å²) in [6, 6.07) is 0. The lowest BCUT2D eigenvalue weighted by Gasteiger charge is -1.99. The molecule has 0 amide bonds. The maximum absolute atomic E-state index is 12.1. The van der Waals surface area contributed by atoms with E-state index in [2.05, 4.69) is 4.74 Å². The maximum atomic E-state index is 12.1. The van der Waals surface area contributed by atoms with Crippen molar-refractivity contribution in [2.75, 3.05) is 12.4 Å². The first-order chi connectivity index (χ1) is 5.02. The second-order valence-corrected chi connectivity index (χ2v) is 3.58. The van der Waals surface area contributed by atoms with Crippen molar-refractivity contribution >= 4 is 11.0 Å². The van der Waals surface area contributed by atoms with Gasteiger partial charge in [0.15, 0.2) is 0 Å². The topological polar surface area (TPSA) is 52.3 Å².